The van der Waals surface area contributed by atoms with Gasteiger partial charge in [-0.05, 0) is 31.2 Å². The zero-order valence-electron chi connectivity index (χ0n) is 11.7. The molecular formula is C14H14F2N4O2. The van der Waals surface area contributed by atoms with Gasteiger partial charge in [-0.15, -0.1) is 0 Å². The van der Waals surface area contributed by atoms with Gasteiger partial charge in [0, 0.05) is 5.69 Å². The molecule has 2 N–H and O–H groups in total. The van der Waals surface area contributed by atoms with E-state index >= 15 is 0 Å². The van der Waals surface area contributed by atoms with Gasteiger partial charge in [0.15, 0.2) is 0 Å². The summed E-state index contributed by atoms with van der Waals surface area (Å²) in [4.78, 5) is 19.6. The number of aryl methyl sites for hydroxylation is 1. The van der Waals surface area contributed by atoms with Gasteiger partial charge in [0.2, 0.25) is 0 Å². The number of nitrogens with zero attached hydrogens (tertiary/aromatic N) is 2. The fourth-order valence-electron chi connectivity index (χ4n) is 1.58. The Morgan fingerprint density at radius 1 is 1.23 bits per heavy atom. The van der Waals surface area contributed by atoms with Crippen molar-refractivity contribution in [1.29, 1.82) is 0 Å². The molecule has 0 bridgehead atoms. The van der Waals surface area contributed by atoms with Crippen LogP contribution < -0.4 is 15.4 Å². The maximum atomic E-state index is 12.0. The molecule has 22 heavy (non-hydrogen) atoms. The lowest BCUT2D eigenvalue weighted by Gasteiger charge is -2.08. The van der Waals surface area contributed by atoms with Gasteiger partial charge in [0.1, 0.15) is 5.75 Å². The largest absolute Gasteiger partial charge is 0.433 e. The number of pyridine rings is 2. The number of carbonyl (C=O) groups is 1. The molecule has 0 atom stereocenters. The molecule has 2 heterocycles. The van der Waals surface area contributed by atoms with E-state index in [1.54, 1.807) is 18.3 Å². The zero-order valence-corrected chi connectivity index (χ0v) is 11.7. The van der Waals surface area contributed by atoms with Crippen LogP contribution >= 0.6 is 0 Å². The first-order valence-corrected chi connectivity index (χ1v) is 6.40. The molecule has 6 nitrogen and oxygen atoms in total. The number of hydrogen-bond acceptors (Lipinski definition) is 4. The van der Waals surface area contributed by atoms with Crippen molar-refractivity contribution in [3.8, 4) is 5.75 Å². The molecule has 0 saturated heterocycles. The van der Waals surface area contributed by atoms with Crippen LogP contribution in [0, 0.1) is 6.92 Å². The third-order valence-corrected chi connectivity index (χ3v) is 2.62. The lowest BCUT2D eigenvalue weighted by molar-refractivity contribution is -0.0500. The fourth-order valence-corrected chi connectivity index (χ4v) is 1.58. The number of carbonyl (C=O) groups excluding carboxylic acids is 1. The smallest absolute Gasteiger partial charge is 0.387 e. The highest BCUT2D eigenvalue weighted by molar-refractivity contribution is 5.88. The molecule has 0 aliphatic heterocycles. The molecule has 116 valence electrons. The fraction of sp³-hybridized carbons (Fsp3) is 0.214. The maximum Gasteiger partial charge on any atom is 0.387 e. The first kappa shape index (κ1) is 15.6. The van der Waals surface area contributed by atoms with Crippen LogP contribution in [0.3, 0.4) is 0 Å². The van der Waals surface area contributed by atoms with Gasteiger partial charge < -0.3 is 15.4 Å². The Hall–Kier alpha value is -2.77. The molecule has 0 fully saturated rings. The summed E-state index contributed by atoms with van der Waals surface area (Å²) in [7, 11) is 0. The predicted molar refractivity (Wildman–Crippen MR) is 75.7 cm³/mol. The minimum absolute atomic E-state index is 0.0334. The number of aromatic nitrogens is 2. The van der Waals surface area contributed by atoms with E-state index < -0.39 is 12.6 Å². The van der Waals surface area contributed by atoms with Gasteiger partial charge >= 0.3 is 12.6 Å². The number of nitrogens with one attached hydrogen (secondary N) is 2. The number of rotatable bonds is 5. The summed E-state index contributed by atoms with van der Waals surface area (Å²) >= 11 is 0. The van der Waals surface area contributed by atoms with E-state index in [1.807, 2.05) is 6.92 Å². The average Bonchev–Trinajstić information content (AvgIpc) is 2.48. The Morgan fingerprint density at radius 2 is 2.05 bits per heavy atom. The highest BCUT2D eigenvalue weighted by atomic mass is 19.3. The summed E-state index contributed by atoms with van der Waals surface area (Å²) in [6.45, 7) is -0.892. The minimum atomic E-state index is -2.89. The van der Waals surface area contributed by atoms with Crippen molar-refractivity contribution in [2.45, 2.75) is 20.1 Å². The van der Waals surface area contributed by atoms with E-state index in [2.05, 4.69) is 25.3 Å². The molecule has 0 spiro atoms. The van der Waals surface area contributed by atoms with Crippen LogP contribution in [0.2, 0.25) is 0 Å². The summed E-state index contributed by atoms with van der Waals surface area (Å²) in [6.07, 6.45) is 2.72. The van der Waals surface area contributed by atoms with Gasteiger partial charge in [-0.1, -0.05) is 0 Å². The molecule has 2 amide bonds. The van der Waals surface area contributed by atoms with Crippen LogP contribution in [0.4, 0.5) is 19.3 Å². The van der Waals surface area contributed by atoms with Crippen molar-refractivity contribution in [3.05, 3.63) is 48.0 Å². The maximum absolute atomic E-state index is 12.0. The van der Waals surface area contributed by atoms with E-state index in [4.69, 9.17) is 0 Å². The highest BCUT2D eigenvalue weighted by Gasteiger charge is 2.06. The summed E-state index contributed by atoms with van der Waals surface area (Å²) < 4.78 is 28.2. The van der Waals surface area contributed by atoms with E-state index in [0.29, 0.717) is 11.4 Å². The van der Waals surface area contributed by atoms with Gasteiger partial charge in [-0.2, -0.15) is 8.78 Å². The molecule has 0 unspecified atom stereocenters. The first-order chi connectivity index (χ1) is 10.5. The standard InChI is InChI=1S/C14H14F2N4O2/c1-9-2-3-11(7-17-9)20-14(21)19-6-10-4-5-12(8-18-10)22-13(15)16/h2-5,7-8,13H,6H2,1H3,(H2,19,20,21). The number of halogens is 2. The zero-order chi connectivity index (χ0) is 15.9. The van der Waals surface area contributed by atoms with Crippen molar-refractivity contribution < 1.29 is 18.3 Å². The van der Waals surface area contributed by atoms with Crippen LogP contribution in [0.1, 0.15) is 11.4 Å². The molecule has 8 heteroatoms. The highest BCUT2D eigenvalue weighted by Crippen LogP contribution is 2.12. The molecule has 0 aliphatic rings. The van der Waals surface area contributed by atoms with Crippen molar-refractivity contribution in [2.24, 2.45) is 0 Å². The van der Waals surface area contributed by atoms with Crippen molar-refractivity contribution >= 4 is 11.7 Å². The van der Waals surface area contributed by atoms with Gasteiger partial charge in [0.05, 0.1) is 30.3 Å². The monoisotopic (exact) mass is 308 g/mol. The Labute approximate surface area is 125 Å². The molecule has 2 rings (SSSR count). The van der Waals surface area contributed by atoms with Crippen molar-refractivity contribution in [1.82, 2.24) is 15.3 Å². The third kappa shape index (κ3) is 4.97. The first-order valence-electron chi connectivity index (χ1n) is 6.40. The van der Waals surface area contributed by atoms with Gasteiger partial charge in [0.25, 0.3) is 0 Å². The number of ether oxygens (including phenoxy) is 1. The van der Waals surface area contributed by atoms with Crippen LogP contribution in [0.15, 0.2) is 36.7 Å². The average molecular weight is 308 g/mol. The van der Waals surface area contributed by atoms with Crippen molar-refractivity contribution in [3.63, 3.8) is 0 Å². The predicted octanol–water partition coefficient (Wildman–Crippen LogP) is 2.71. The van der Waals surface area contributed by atoms with Crippen LogP contribution in [-0.4, -0.2) is 22.6 Å². The van der Waals surface area contributed by atoms with E-state index in [0.717, 1.165) is 5.69 Å². The lowest BCUT2D eigenvalue weighted by Crippen LogP contribution is -2.28. The molecule has 0 aromatic carbocycles. The topological polar surface area (TPSA) is 76.1 Å². The van der Waals surface area contributed by atoms with Crippen LogP contribution in [-0.2, 0) is 6.54 Å². The summed E-state index contributed by atoms with van der Waals surface area (Å²) in [5.41, 5.74) is 1.93. The molecule has 0 aliphatic carbocycles. The Kier molecular flexibility index (Phi) is 5.18. The number of urea groups is 1. The molecule has 0 radical (unpaired) electrons. The SMILES string of the molecule is Cc1ccc(NC(=O)NCc2ccc(OC(F)F)cn2)cn1. The summed E-state index contributed by atoms with van der Waals surface area (Å²) in [5, 5.41) is 5.21. The second-order valence-corrected chi connectivity index (χ2v) is 4.36. The second kappa shape index (κ2) is 7.30. The number of amides is 2. The summed E-state index contributed by atoms with van der Waals surface area (Å²) in [5.74, 6) is -0.0334. The van der Waals surface area contributed by atoms with Crippen LogP contribution in [0.25, 0.3) is 0 Å². The molecular weight excluding hydrogens is 294 g/mol. The number of anilines is 1. The summed E-state index contributed by atoms with van der Waals surface area (Å²) in [6, 6.07) is 5.94. The quantitative estimate of drug-likeness (QED) is 0.890. The van der Waals surface area contributed by atoms with Crippen LogP contribution in [0.5, 0.6) is 5.75 Å². The van der Waals surface area contributed by atoms with E-state index in [-0.39, 0.29) is 12.3 Å². The minimum Gasteiger partial charge on any atom is -0.433 e. The normalized spacial score (nSPS) is 10.4. The second-order valence-electron chi connectivity index (χ2n) is 4.36. The van der Waals surface area contributed by atoms with Gasteiger partial charge in [-0.3, -0.25) is 9.97 Å². The van der Waals surface area contributed by atoms with Gasteiger partial charge in [-0.25, -0.2) is 4.79 Å². The molecule has 0 saturated carbocycles. The van der Waals surface area contributed by atoms with E-state index in [9.17, 15) is 13.6 Å². The Balaban J connectivity index is 1.81. The molecule has 2 aromatic heterocycles. The van der Waals surface area contributed by atoms with Crippen molar-refractivity contribution in [2.75, 3.05) is 5.32 Å². The number of alkyl halides is 2. The lowest BCUT2D eigenvalue weighted by atomic mass is 10.3. The molecule has 2 aromatic rings. The Bertz CT molecular complexity index is 618. The third-order valence-electron chi connectivity index (χ3n) is 2.62. The number of hydrogen-bond donors (Lipinski definition) is 2. The Morgan fingerprint density at radius 3 is 2.64 bits per heavy atom. The van der Waals surface area contributed by atoms with E-state index in [1.165, 1.54) is 18.3 Å².